The molecule has 0 unspecified atom stereocenters. The number of anilines is 1. The van der Waals surface area contributed by atoms with Crippen molar-refractivity contribution in [3.63, 3.8) is 0 Å². The van der Waals surface area contributed by atoms with E-state index in [0.717, 1.165) is 5.56 Å². The predicted molar refractivity (Wildman–Crippen MR) is 95.2 cm³/mol. The van der Waals surface area contributed by atoms with Gasteiger partial charge in [-0.25, -0.2) is 4.39 Å². The molecule has 0 saturated carbocycles. The third kappa shape index (κ3) is 4.49. The summed E-state index contributed by atoms with van der Waals surface area (Å²) in [5.41, 5.74) is 1.02. The summed E-state index contributed by atoms with van der Waals surface area (Å²) in [6, 6.07) is 12.9. The monoisotopic (exact) mass is 370 g/mol. The van der Waals surface area contributed by atoms with Gasteiger partial charge in [0.2, 0.25) is 0 Å². The average molecular weight is 370 g/mol. The van der Waals surface area contributed by atoms with E-state index in [1.165, 1.54) is 42.5 Å². The van der Waals surface area contributed by atoms with Crippen LogP contribution in [0.4, 0.5) is 15.8 Å². The maximum Gasteiger partial charge on any atom is 0.311 e. The van der Waals surface area contributed by atoms with Crippen molar-refractivity contribution in [1.29, 1.82) is 0 Å². The molecular weight excluding hydrogens is 355 g/mol. The molecule has 3 aromatic rings. The summed E-state index contributed by atoms with van der Waals surface area (Å²) in [6.45, 7) is 1.67. The lowest BCUT2D eigenvalue weighted by Crippen LogP contribution is -2.10. The first-order valence-electron chi connectivity index (χ1n) is 7.96. The van der Waals surface area contributed by atoms with Gasteiger partial charge in [-0.1, -0.05) is 6.07 Å². The number of hydrogen-bond acceptors (Lipinski definition) is 5. The van der Waals surface area contributed by atoms with Crippen LogP contribution < -0.4 is 10.1 Å². The number of halogens is 1. The zero-order chi connectivity index (χ0) is 19.4. The molecule has 0 aliphatic heterocycles. The van der Waals surface area contributed by atoms with E-state index in [1.807, 2.05) is 0 Å². The molecule has 3 rings (SSSR count). The number of nitro benzene ring substituents is 1. The summed E-state index contributed by atoms with van der Waals surface area (Å²) in [4.78, 5) is 22.7. The lowest BCUT2D eigenvalue weighted by molar-refractivity contribution is -0.386. The highest BCUT2D eigenvalue weighted by Crippen LogP contribution is 2.28. The van der Waals surface area contributed by atoms with E-state index in [2.05, 4.69) is 5.32 Å². The average Bonchev–Trinajstić information content (AvgIpc) is 3.11. The molecule has 0 aliphatic rings. The third-order valence-corrected chi connectivity index (χ3v) is 3.67. The van der Waals surface area contributed by atoms with Crippen molar-refractivity contribution in [3.05, 3.63) is 87.6 Å². The SMILES string of the molecule is Cc1ccc(OCc2ccc(C(=O)Nc3ccc(F)cc3)o2)c([N+](=O)[O-])c1. The van der Waals surface area contributed by atoms with Gasteiger partial charge in [0.25, 0.3) is 5.91 Å². The summed E-state index contributed by atoms with van der Waals surface area (Å²) in [5, 5.41) is 13.7. The molecule has 0 fully saturated rings. The Morgan fingerprint density at radius 1 is 1.19 bits per heavy atom. The molecule has 0 aliphatic carbocycles. The molecule has 0 saturated heterocycles. The molecule has 0 atom stereocenters. The van der Waals surface area contributed by atoms with Gasteiger partial charge in [-0.3, -0.25) is 14.9 Å². The van der Waals surface area contributed by atoms with Gasteiger partial charge in [-0.05, 0) is 55.0 Å². The molecule has 0 spiro atoms. The number of furan rings is 1. The van der Waals surface area contributed by atoms with Crippen LogP contribution >= 0.6 is 0 Å². The zero-order valence-electron chi connectivity index (χ0n) is 14.3. The molecule has 27 heavy (non-hydrogen) atoms. The van der Waals surface area contributed by atoms with Gasteiger partial charge in [0.05, 0.1) is 4.92 Å². The van der Waals surface area contributed by atoms with Crippen molar-refractivity contribution in [2.24, 2.45) is 0 Å². The van der Waals surface area contributed by atoms with Crippen molar-refractivity contribution in [3.8, 4) is 5.75 Å². The summed E-state index contributed by atoms with van der Waals surface area (Å²) in [6.07, 6.45) is 0. The highest BCUT2D eigenvalue weighted by atomic mass is 19.1. The highest BCUT2D eigenvalue weighted by molar-refractivity contribution is 6.02. The number of aryl methyl sites for hydroxylation is 1. The normalized spacial score (nSPS) is 10.4. The molecule has 2 aromatic carbocycles. The molecular formula is C19H15FN2O5. The maximum absolute atomic E-state index is 12.9. The summed E-state index contributed by atoms with van der Waals surface area (Å²) < 4.78 is 23.7. The minimum Gasteiger partial charge on any atom is -0.479 e. The van der Waals surface area contributed by atoms with E-state index in [1.54, 1.807) is 19.1 Å². The van der Waals surface area contributed by atoms with Gasteiger partial charge in [0.1, 0.15) is 18.2 Å². The van der Waals surface area contributed by atoms with Gasteiger partial charge in [-0.15, -0.1) is 0 Å². The molecule has 1 amide bonds. The molecule has 1 aromatic heterocycles. The van der Waals surface area contributed by atoms with Crippen LogP contribution in [0.15, 0.2) is 59.0 Å². The van der Waals surface area contributed by atoms with Crippen LogP contribution in [0.1, 0.15) is 21.9 Å². The number of nitro groups is 1. The molecule has 7 nitrogen and oxygen atoms in total. The first-order chi connectivity index (χ1) is 12.9. The highest BCUT2D eigenvalue weighted by Gasteiger charge is 2.17. The Bertz CT molecular complexity index is 982. The number of hydrogen-bond donors (Lipinski definition) is 1. The van der Waals surface area contributed by atoms with Crippen LogP contribution in [0, 0.1) is 22.9 Å². The van der Waals surface area contributed by atoms with Gasteiger partial charge in [0.15, 0.2) is 11.5 Å². The summed E-state index contributed by atoms with van der Waals surface area (Å²) >= 11 is 0. The summed E-state index contributed by atoms with van der Waals surface area (Å²) in [5.74, 6) is -0.436. The van der Waals surface area contributed by atoms with Crippen molar-refractivity contribution >= 4 is 17.3 Å². The van der Waals surface area contributed by atoms with Crippen LogP contribution in [0.25, 0.3) is 0 Å². The van der Waals surface area contributed by atoms with E-state index >= 15 is 0 Å². The van der Waals surface area contributed by atoms with E-state index in [-0.39, 0.29) is 23.8 Å². The largest absolute Gasteiger partial charge is 0.479 e. The molecule has 8 heteroatoms. The van der Waals surface area contributed by atoms with E-state index < -0.39 is 16.6 Å². The van der Waals surface area contributed by atoms with Crippen LogP contribution in [0.2, 0.25) is 0 Å². The van der Waals surface area contributed by atoms with E-state index in [0.29, 0.717) is 11.4 Å². The van der Waals surface area contributed by atoms with Crippen LogP contribution in [-0.4, -0.2) is 10.8 Å². The number of nitrogens with zero attached hydrogens (tertiary/aromatic N) is 1. The fraction of sp³-hybridized carbons (Fsp3) is 0.105. The minimum absolute atomic E-state index is 0.0383. The van der Waals surface area contributed by atoms with Crippen molar-refractivity contribution < 1.29 is 23.3 Å². The molecule has 138 valence electrons. The number of rotatable bonds is 6. The third-order valence-electron chi connectivity index (χ3n) is 3.67. The fourth-order valence-electron chi connectivity index (χ4n) is 2.34. The number of ether oxygens (including phenoxy) is 1. The second-order valence-electron chi connectivity index (χ2n) is 5.74. The van der Waals surface area contributed by atoms with Crippen molar-refractivity contribution in [2.45, 2.75) is 13.5 Å². The van der Waals surface area contributed by atoms with Crippen LogP contribution in [0.3, 0.4) is 0 Å². The van der Waals surface area contributed by atoms with Crippen molar-refractivity contribution in [1.82, 2.24) is 0 Å². The van der Waals surface area contributed by atoms with Gasteiger partial charge >= 0.3 is 5.69 Å². The topological polar surface area (TPSA) is 94.6 Å². The van der Waals surface area contributed by atoms with Crippen LogP contribution in [0.5, 0.6) is 5.75 Å². The molecule has 0 bridgehead atoms. The van der Waals surface area contributed by atoms with Gasteiger partial charge in [0, 0.05) is 11.8 Å². The maximum atomic E-state index is 12.9. The quantitative estimate of drug-likeness (QED) is 0.510. The zero-order valence-corrected chi connectivity index (χ0v) is 14.3. The number of benzene rings is 2. The Labute approximate surface area is 153 Å². The van der Waals surface area contributed by atoms with Crippen LogP contribution in [-0.2, 0) is 6.61 Å². The Balaban J connectivity index is 1.65. The van der Waals surface area contributed by atoms with E-state index in [4.69, 9.17) is 9.15 Å². The Hall–Kier alpha value is -3.68. The standard InChI is InChI=1S/C19H15FN2O5/c1-12-2-8-17(16(10-12)22(24)25)26-11-15-7-9-18(27-15)19(23)21-14-5-3-13(20)4-6-14/h2-10H,11H2,1H3,(H,21,23). The summed E-state index contributed by atoms with van der Waals surface area (Å²) in [7, 11) is 0. The number of nitrogens with one attached hydrogen (secondary N) is 1. The first kappa shape index (κ1) is 18.1. The fourth-order valence-corrected chi connectivity index (χ4v) is 2.34. The lowest BCUT2D eigenvalue weighted by atomic mass is 10.2. The number of amides is 1. The second-order valence-corrected chi connectivity index (χ2v) is 5.74. The molecule has 1 N–H and O–H groups in total. The van der Waals surface area contributed by atoms with Gasteiger partial charge in [-0.2, -0.15) is 0 Å². The Kier molecular flexibility index (Phi) is 5.16. The lowest BCUT2D eigenvalue weighted by Gasteiger charge is -2.06. The van der Waals surface area contributed by atoms with E-state index in [9.17, 15) is 19.3 Å². The predicted octanol–water partition coefficient (Wildman–Crippen LogP) is 4.47. The Morgan fingerprint density at radius 2 is 1.93 bits per heavy atom. The smallest absolute Gasteiger partial charge is 0.311 e. The molecule has 0 radical (unpaired) electrons. The van der Waals surface area contributed by atoms with Gasteiger partial charge < -0.3 is 14.5 Å². The molecule has 1 heterocycles. The number of carbonyl (C=O) groups excluding carboxylic acids is 1. The number of carbonyl (C=O) groups is 1. The Morgan fingerprint density at radius 3 is 2.63 bits per heavy atom. The van der Waals surface area contributed by atoms with Crippen molar-refractivity contribution in [2.75, 3.05) is 5.32 Å². The first-order valence-corrected chi connectivity index (χ1v) is 7.96. The minimum atomic E-state index is -0.522. The second kappa shape index (κ2) is 7.69.